The Balaban J connectivity index is 2.04. The number of amides is 1. The molecule has 1 N–H and O–H groups in total. The van der Waals surface area contributed by atoms with Gasteiger partial charge < -0.3 is 10.1 Å². The summed E-state index contributed by atoms with van der Waals surface area (Å²) < 4.78 is 18.7. The summed E-state index contributed by atoms with van der Waals surface area (Å²) in [4.78, 5) is 21.7. The predicted molar refractivity (Wildman–Crippen MR) is 83.6 cm³/mol. The Labute approximate surface area is 139 Å². The minimum Gasteiger partial charge on any atom is -0.482 e. The maximum absolute atomic E-state index is 13.6. The van der Waals surface area contributed by atoms with E-state index in [0.29, 0.717) is 5.02 Å². The van der Waals surface area contributed by atoms with Gasteiger partial charge in [-0.1, -0.05) is 23.2 Å². The zero-order valence-corrected chi connectivity index (χ0v) is 12.9. The van der Waals surface area contributed by atoms with E-state index in [1.807, 2.05) is 0 Å². The van der Waals surface area contributed by atoms with Gasteiger partial charge in [0.05, 0.1) is 15.6 Å². The van der Waals surface area contributed by atoms with Crippen LogP contribution in [0.25, 0.3) is 0 Å². The first kappa shape index (κ1) is 17.0. The lowest BCUT2D eigenvalue weighted by molar-refractivity contribution is -0.384. The summed E-state index contributed by atoms with van der Waals surface area (Å²) in [6, 6.07) is 7.27. The number of non-ortho nitro benzene ring substituents is 1. The van der Waals surface area contributed by atoms with Gasteiger partial charge in [-0.25, -0.2) is 4.39 Å². The van der Waals surface area contributed by atoms with Crippen LogP contribution in [0.1, 0.15) is 0 Å². The van der Waals surface area contributed by atoms with Crippen LogP contribution in [0.4, 0.5) is 15.8 Å². The minimum absolute atomic E-state index is 0.189. The Bertz CT molecular complexity index is 770. The van der Waals surface area contributed by atoms with Crippen molar-refractivity contribution in [2.24, 2.45) is 0 Å². The smallest absolute Gasteiger partial charge is 0.271 e. The van der Waals surface area contributed by atoms with E-state index in [1.165, 1.54) is 12.1 Å². The molecule has 0 saturated carbocycles. The molecule has 2 aromatic carbocycles. The lowest BCUT2D eigenvalue weighted by Gasteiger charge is -2.09. The number of nitro benzene ring substituents is 1. The van der Waals surface area contributed by atoms with Gasteiger partial charge in [0, 0.05) is 23.2 Å². The van der Waals surface area contributed by atoms with Crippen molar-refractivity contribution in [3.63, 3.8) is 0 Å². The van der Waals surface area contributed by atoms with Crippen LogP contribution in [0.3, 0.4) is 0 Å². The summed E-state index contributed by atoms with van der Waals surface area (Å²) in [6.07, 6.45) is 0. The Hall–Kier alpha value is -2.38. The van der Waals surface area contributed by atoms with Gasteiger partial charge in [0.15, 0.2) is 6.61 Å². The molecule has 0 saturated heterocycles. The molecule has 1 amide bonds. The minimum atomic E-state index is -0.801. The van der Waals surface area contributed by atoms with E-state index in [9.17, 15) is 19.3 Å². The summed E-state index contributed by atoms with van der Waals surface area (Å²) in [5, 5.41) is 13.5. The van der Waals surface area contributed by atoms with Gasteiger partial charge in [0.25, 0.3) is 11.6 Å². The van der Waals surface area contributed by atoms with Gasteiger partial charge in [-0.3, -0.25) is 14.9 Å². The maximum Gasteiger partial charge on any atom is 0.271 e. The van der Waals surface area contributed by atoms with Crippen LogP contribution in [0.2, 0.25) is 10.0 Å². The molecule has 0 aliphatic carbocycles. The molecule has 0 aromatic heterocycles. The number of benzene rings is 2. The zero-order valence-electron chi connectivity index (χ0n) is 11.4. The van der Waals surface area contributed by atoms with Crippen molar-refractivity contribution in [2.45, 2.75) is 0 Å². The molecule has 0 fully saturated rings. The summed E-state index contributed by atoms with van der Waals surface area (Å²) >= 11 is 11.6. The van der Waals surface area contributed by atoms with Crippen molar-refractivity contribution in [2.75, 3.05) is 11.9 Å². The van der Waals surface area contributed by atoms with Gasteiger partial charge >= 0.3 is 0 Å². The van der Waals surface area contributed by atoms with Gasteiger partial charge in [-0.15, -0.1) is 0 Å². The van der Waals surface area contributed by atoms with Crippen LogP contribution < -0.4 is 10.1 Å². The summed E-state index contributed by atoms with van der Waals surface area (Å²) in [7, 11) is 0. The Kier molecular flexibility index (Phi) is 5.36. The molecule has 6 nitrogen and oxygen atoms in total. The van der Waals surface area contributed by atoms with E-state index in [1.54, 1.807) is 6.07 Å². The van der Waals surface area contributed by atoms with E-state index in [2.05, 4.69) is 5.32 Å². The highest BCUT2D eigenvalue weighted by Gasteiger charge is 2.14. The molecular formula is C14H9Cl2FN2O4. The molecule has 0 atom stereocenters. The van der Waals surface area contributed by atoms with Crippen LogP contribution in [0.5, 0.6) is 5.75 Å². The van der Waals surface area contributed by atoms with E-state index in [-0.39, 0.29) is 22.1 Å². The van der Waals surface area contributed by atoms with Gasteiger partial charge in [0.2, 0.25) is 0 Å². The number of nitrogens with one attached hydrogen (secondary N) is 1. The molecule has 23 heavy (non-hydrogen) atoms. The first-order chi connectivity index (χ1) is 10.9. The predicted octanol–water partition coefficient (Wildman–Crippen LogP) is 4.06. The molecule has 9 heteroatoms. The zero-order chi connectivity index (χ0) is 17.0. The third kappa shape index (κ3) is 4.54. The number of halogens is 3. The van der Waals surface area contributed by atoms with Crippen molar-refractivity contribution in [3.8, 4) is 5.75 Å². The molecule has 0 aliphatic heterocycles. The maximum atomic E-state index is 13.6. The average Bonchev–Trinajstić information content (AvgIpc) is 2.50. The summed E-state index contributed by atoms with van der Waals surface area (Å²) in [5.74, 6) is -1.32. The normalized spacial score (nSPS) is 10.2. The third-order valence-electron chi connectivity index (χ3n) is 2.69. The van der Waals surface area contributed by atoms with E-state index < -0.39 is 23.3 Å². The second kappa shape index (κ2) is 7.26. The van der Waals surface area contributed by atoms with Crippen LogP contribution in [0, 0.1) is 15.9 Å². The Morgan fingerprint density at radius 3 is 2.70 bits per heavy atom. The van der Waals surface area contributed by atoms with Crippen LogP contribution >= 0.6 is 23.2 Å². The fraction of sp³-hybridized carbons (Fsp3) is 0.0714. The topological polar surface area (TPSA) is 81.5 Å². The Morgan fingerprint density at radius 2 is 2.00 bits per heavy atom. The van der Waals surface area contributed by atoms with Gasteiger partial charge in [0.1, 0.15) is 11.6 Å². The van der Waals surface area contributed by atoms with Crippen LogP contribution in [-0.4, -0.2) is 17.4 Å². The highest BCUT2D eigenvalue weighted by atomic mass is 35.5. The second-order valence-electron chi connectivity index (χ2n) is 4.33. The van der Waals surface area contributed by atoms with Crippen molar-refractivity contribution < 1.29 is 18.8 Å². The first-order valence-corrected chi connectivity index (χ1v) is 6.94. The summed E-state index contributed by atoms with van der Waals surface area (Å²) in [6.45, 7) is -0.470. The quantitative estimate of drug-likeness (QED) is 0.645. The van der Waals surface area contributed by atoms with Crippen molar-refractivity contribution >= 4 is 40.5 Å². The number of hydrogen-bond acceptors (Lipinski definition) is 4. The number of nitrogens with zero attached hydrogens (tertiary/aromatic N) is 1. The van der Waals surface area contributed by atoms with Gasteiger partial charge in [-0.05, 0) is 18.2 Å². The Morgan fingerprint density at radius 1 is 1.26 bits per heavy atom. The second-order valence-corrected chi connectivity index (χ2v) is 5.18. The molecule has 0 spiro atoms. The average molecular weight is 359 g/mol. The standard InChI is InChI=1S/C14H9Cl2FN2O4/c15-8-1-3-10(16)13(5-8)23-7-14(20)18-12-6-9(19(21)22)2-4-11(12)17/h1-6H,7H2,(H,18,20). The SMILES string of the molecule is O=C(COc1cc(Cl)ccc1Cl)Nc1cc([N+](=O)[O-])ccc1F. The summed E-state index contributed by atoms with van der Waals surface area (Å²) in [5.41, 5.74) is -0.662. The number of rotatable bonds is 5. The fourth-order valence-electron chi connectivity index (χ4n) is 1.64. The molecule has 0 radical (unpaired) electrons. The van der Waals surface area contributed by atoms with E-state index in [4.69, 9.17) is 27.9 Å². The number of hydrogen-bond donors (Lipinski definition) is 1. The number of anilines is 1. The molecular weight excluding hydrogens is 350 g/mol. The fourth-order valence-corrected chi connectivity index (χ4v) is 1.97. The van der Waals surface area contributed by atoms with E-state index >= 15 is 0 Å². The molecule has 0 unspecified atom stereocenters. The molecule has 0 heterocycles. The number of ether oxygens (including phenoxy) is 1. The monoisotopic (exact) mass is 358 g/mol. The number of carbonyl (C=O) groups is 1. The first-order valence-electron chi connectivity index (χ1n) is 6.18. The van der Waals surface area contributed by atoms with Crippen molar-refractivity contribution in [1.29, 1.82) is 0 Å². The number of carbonyl (C=O) groups excluding carboxylic acids is 1. The van der Waals surface area contributed by atoms with Crippen molar-refractivity contribution in [3.05, 3.63) is 62.4 Å². The van der Waals surface area contributed by atoms with E-state index in [0.717, 1.165) is 18.2 Å². The molecule has 2 rings (SSSR count). The molecule has 0 bridgehead atoms. The molecule has 2 aromatic rings. The highest BCUT2D eigenvalue weighted by molar-refractivity contribution is 6.34. The lowest BCUT2D eigenvalue weighted by atomic mass is 10.2. The van der Waals surface area contributed by atoms with Crippen LogP contribution in [-0.2, 0) is 4.79 Å². The largest absolute Gasteiger partial charge is 0.482 e. The third-order valence-corrected chi connectivity index (χ3v) is 3.23. The molecule has 120 valence electrons. The lowest BCUT2D eigenvalue weighted by Crippen LogP contribution is -2.21. The van der Waals surface area contributed by atoms with Crippen LogP contribution in [0.15, 0.2) is 36.4 Å². The van der Waals surface area contributed by atoms with Gasteiger partial charge in [-0.2, -0.15) is 0 Å². The number of nitro groups is 1. The highest BCUT2D eigenvalue weighted by Crippen LogP contribution is 2.27. The molecule has 0 aliphatic rings. The van der Waals surface area contributed by atoms with Crippen molar-refractivity contribution in [1.82, 2.24) is 0 Å².